The number of carbonyl (C=O) groups is 1. The average molecular weight is 296 g/mol. The number of hydrogen-bond acceptors (Lipinski definition) is 2. The molecule has 0 saturated carbocycles. The topological polar surface area (TPSA) is 62.2 Å². The highest BCUT2D eigenvalue weighted by molar-refractivity contribution is 5.84. The van der Waals surface area contributed by atoms with Crippen molar-refractivity contribution < 1.29 is 23.1 Å². The van der Waals surface area contributed by atoms with E-state index in [2.05, 4.69) is 10.3 Å². The molecule has 0 atom stereocenters. The van der Waals surface area contributed by atoms with E-state index in [9.17, 15) is 18.0 Å². The minimum Gasteiger partial charge on any atom is -0.465 e. The molecule has 1 aromatic carbocycles. The average Bonchev–Trinajstić information content (AvgIpc) is 2.36. The van der Waals surface area contributed by atoms with Crippen molar-refractivity contribution in [3.8, 4) is 11.1 Å². The van der Waals surface area contributed by atoms with Crippen molar-refractivity contribution in [2.75, 3.05) is 5.32 Å². The fourth-order valence-corrected chi connectivity index (χ4v) is 1.91. The Morgan fingerprint density at radius 3 is 2.52 bits per heavy atom. The molecule has 0 bridgehead atoms. The van der Waals surface area contributed by atoms with Crippen molar-refractivity contribution in [2.24, 2.45) is 0 Å². The predicted molar refractivity (Wildman–Crippen MR) is 71.1 cm³/mol. The second kappa shape index (κ2) is 5.43. The molecule has 0 unspecified atom stereocenters. The Bertz CT molecular complexity index is 684. The van der Waals surface area contributed by atoms with Crippen molar-refractivity contribution in [2.45, 2.75) is 13.1 Å². The summed E-state index contributed by atoms with van der Waals surface area (Å²) in [5.41, 5.74) is 0.819. The van der Waals surface area contributed by atoms with Gasteiger partial charge in [-0.2, -0.15) is 13.2 Å². The summed E-state index contributed by atoms with van der Waals surface area (Å²) in [5.74, 6) is 0. The van der Waals surface area contributed by atoms with E-state index in [0.717, 1.165) is 17.8 Å². The van der Waals surface area contributed by atoms with E-state index < -0.39 is 18.0 Å². The van der Waals surface area contributed by atoms with E-state index in [0.29, 0.717) is 16.8 Å². The maximum atomic E-state index is 12.7. The summed E-state index contributed by atoms with van der Waals surface area (Å²) in [6.07, 6.45) is -4.69. The minimum atomic E-state index is -4.53. The normalized spacial score (nSPS) is 11.2. The Hall–Kier alpha value is -2.57. The fourth-order valence-electron chi connectivity index (χ4n) is 1.91. The highest BCUT2D eigenvalue weighted by Gasteiger charge is 2.32. The first kappa shape index (κ1) is 14.8. The molecule has 1 aromatic heterocycles. The minimum absolute atomic E-state index is 0.294. The third kappa shape index (κ3) is 3.71. The van der Waals surface area contributed by atoms with Crippen LogP contribution in [-0.2, 0) is 6.18 Å². The molecule has 0 radical (unpaired) electrons. The first-order valence-corrected chi connectivity index (χ1v) is 5.91. The maximum Gasteiger partial charge on any atom is 0.433 e. The van der Waals surface area contributed by atoms with Crippen LogP contribution in [0.15, 0.2) is 36.5 Å². The third-order valence-electron chi connectivity index (χ3n) is 2.71. The van der Waals surface area contributed by atoms with E-state index in [1.807, 2.05) is 0 Å². The van der Waals surface area contributed by atoms with Gasteiger partial charge in [-0.25, -0.2) is 4.79 Å². The lowest BCUT2D eigenvalue weighted by atomic mass is 10.0. The monoisotopic (exact) mass is 296 g/mol. The van der Waals surface area contributed by atoms with E-state index in [-0.39, 0.29) is 0 Å². The number of anilines is 1. The number of rotatable bonds is 2. The van der Waals surface area contributed by atoms with Gasteiger partial charge >= 0.3 is 12.3 Å². The first-order chi connectivity index (χ1) is 9.75. The highest BCUT2D eigenvalue weighted by atomic mass is 19.4. The van der Waals surface area contributed by atoms with E-state index in [4.69, 9.17) is 5.11 Å². The van der Waals surface area contributed by atoms with Crippen LogP contribution in [0.25, 0.3) is 11.1 Å². The van der Waals surface area contributed by atoms with Crippen molar-refractivity contribution in [1.82, 2.24) is 4.98 Å². The van der Waals surface area contributed by atoms with Crippen LogP contribution >= 0.6 is 0 Å². The number of aromatic nitrogens is 1. The summed E-state index contributed by atoms with van der Waals surface area (Å²) < 4.78 is 38.0. The molecule has 21 heavy (non-hydrogen) atoms. The quantitative estimate of drug-likeness (QED) is 0.874. The van der Waals surface area contributed by atoms with Crippen LogP contribution in [0.2, 0.25) is 0 Å². The number of hydrogen-bond donors (Lipinski definition) is 2. The largest absolute Gasteiger partial charge is 0.465 e. The van der Waals surface area contributed by atoms with Gasteiger partial charge in [0.1, 0.15) is 5.69 Å². The van der Waals surface area contributed by atoms with Gasteiger partial charge in [-0.3, -0.25) is 10.3 Å². The molecule has 2 rings (SSSR count). The van der Waals surface area contributed by atoms with Gasteiger partial charge in [-0.1, -0.05) is 6.07 Å². The maximum absolute atomic E-state index is 12.7. The van der Waals surface area contributed by atoms with Gasteiger partial charge < -0.3 is 5.11 Å². The van der Waals surface area contributed by atoms with Crippen LogP contribution in [0.3, 0.4) is 0 Å². The van der Waals surface area contributed by atoms with Crippen LogP contribution < -0.4 is 5.32 Å². The van der Waals surface area contributed by atoms with Gasteiger partial charge in [0.2, 0.25) is 0 Å². The smallest absolute Gasteiger partial charge is 0.433 e. The number of aryl methyl sites for hydroxylation is 1. The van der Waals surface area contributed by atoms with Gasteiger partial charge in [0.15, 0.2) is 0 Å². The molecule has 2 aromatic rings. The third-order valence-corrected chi connectivity index (χ3v) is 2.71. The molecular weight excluding hydrogens is 285 g/mol. The molecule has 0 aliphatic carbocycles. The summed E-state index contributed by atoms with van der Waals surface area (Å²) in [4.78, 5) is 13.9. The highest BCUT2D eigenvalue weighted by Crippen LogP contribution is 2.31. The van der Waals surface area contributed by atoms with Crippen molar-refractivity contribution in [1.29, 1.82) is 0 Å². The molecule has 2 N–H and O–H groups in total. The van der Waals surface area contributed by atoms with Gasteiger partial charge in [0, 0.05) is 11.9 Å². The van der Waals surface area contributed by atoms with Crippen LogP contribution in [0.5, 0.6) is 0 Å². The van der Waals surface area contributed by atoms with Crippen molar-refractivity contribution in [3.63, 3.8) is 0 Å². The number of halogens is 3. The number of amides is 1. The van der Waals surface area contributed by atoms with Gasteiger partial charge in [-0.15, -0.1) is 0 Å². The second-order valence-corrected chi connectivity index (χ2v) is 4.45. The van der Waals surface area contributed by atoms with Crippen LogP contribution in [-0.4, -0.2) is 16.2 Å². The Balaban J connectivity index is 2.46. The second-order valence-electron chi connectivity index (χ2n) is 4.45. The van der Waals surface area contributed by atoms with Gasteiger partial charge in [0.25, 0.3) is 0 Å². The molecule has 1 heterocycles. The molecule has 7 heteroatoms. The molecule has 0 aliphatic rings. The number of nitrogens with one attached hydrogen (secondary N) is 1. The van der Waals surface area contributed by atoms with Crippen LogP contribution in [0.1, 0.15) is 11.3 Å². The lowest BCUT2D eigenvalue weighted by molar-refractivity contribution is -0.141. The van der Waals surface area contributed by atoms with Crippen LogP contribution in [0, 0.1) is 6.92 Å². The predicted octanol–water partition coefficient (Wildman–Crippen LogP) is 4.17. The zero-order valence-electron chi connectivity index (χ0n) is 10.9. The molecule has 1 amide bonds. The Morgan fingerprint density at radius 1 is 1.19 bits per heavy atom. The summed E-state index contributed by atoms with van der Waals surface area (Å²) >= 11 is 0. The standard InChI is InChI=1S/C14H11F3N2O2/c1-8-4-10(6-11(5-8)19-13(20)21)9-2-3-18-12(7-9)14(15,16)17/h2-7,19H,1H3,(H,20,21). The number of carboxylic acid groups (broad SMARTS) is 1. The number of nitrogens with zero attached hydrogens (tertiary/aromatic N) is 1. The lowest BCUT2D eigenvalue weighted by Gasteiger charge is -2.10. The Labute approximate surface area is 118 Å². The first-order valence-electron chi connectivity index (χ1n) is 5.91. The Morgan fingerprint density at radius 2 is 1.90 bits per heavy atom. The Kier molecular flexibility index (Phi) is 3.84. The van der Waals surface area contributed by atoms with E-state index in [1.165, 1.54) is 12.1 Å². The molecular formula is C14H11F3N2O2. The van der Waals surface area contributed by atoms with Crippen LogP contribution in [0.4, 0.5) is 23.7 Å². The number of benzene rings is 1. The van der Waals surface area contributed by atoms with E-state index in [1.54, 1.807) is 19.1 Å². The van der Waals surface area contributed by atoms with E-state index >= 15 is 0 Å². The van der Waals surface area contributed by atoms with Crippen molar-refractivity contribution >= 4 is 11.8 Å². The SMILES string of the molecule is Cc1cc(NC(=O)O)cc(-c2ccnc(C(F)(F)F)c2)c1. The summed E-state index contributed by atoms with van der Waals surface area (Å²) in [6.45, 7) is 1.72. The van der Waals surface area contributed by atoms with Gasteiger partial charge in [-0.05, 0) is 47.9 Å². The summed E-state index contributed by atoms with van der Waals surface area (Å²) in [6, 6.07) is 7.09. The molecule has 0 fully saturated rings. The fraction of sp³-hybridized carbons (Fsp3) is 0.143. The van der Waals surface area contributed by atoms with Crippen molar-refractivity contribution in [3.05, 3.63) is 47.8 Å². The molecule has 0 spiro atoms. The summed E-state index contributed by atoms with van der Waals surface area (Å²) in [7, 11) is 0. The zero-order valence-corrected chi connectivity index (χ0v) is 10.9. The lowest BCUT2D eigenvalue weighted by Crippen LogP contribution is -2.08. The number of alkyl halides is 3. The number of pyridine rings is 1. The van der Waals surface area contributed by atoms with Gasteiger partial charge in [0.05, 0.1) is 0 Å². The molecule has 110 valence electrons. The zero-order chi connectivity index (χ0) is 15.6. The molecule has 4 nitrogen and oxygen atoms in total. The summed E-state index contributed by atoms with van der Waals surface area (Å²) in [5, 5.41) is 10.9. The molecule has 0 saturated heterocycles. The molecule has 0 aliphatic heterocycles.